The first-order chi connectivity index (χ1) is 6.81. The first kappa shape index (κ1) is 9.46. The molecule has 2 rings (SSSR count). The van der Waals surface area contributed by atoms with Crippen molar-refractivity contribution in [1.29, 1.82) is 0 Å². The number of aryl methyl sites for hydroxylation is 1. The number of benzene rings is 1. The molecule has 0 radical (unpaired) electrons. The average molecular weight is 251 g/mol. The van der Waals surface area contributed by atoms with Crippen LogP contribution in [0.1, 0.15) is 6.92 Å². The highest BCUT2D eigenvalue weighted by Gasteiger charge is 2.03. The molecule has 0 saturated carbocycles. The summed E-state index contributed by atoms with van der Waals surface area (Å²) in [5, 5.41) is 0. The third-order valence-electron chi connectivity index (χ3n) is 2.14. The molecule has 0 unspecified atom stereocenters. The van der Waals surface area contributed by atoms with Gasteiger partial charge in [-0.1, -0.05) is 28.1 Å². The summed E-state index contributed by atoms with van der Waals surface area (Å²) in [4.78, 5) is 4.34. The summed E-state index contributed by atoms with van der Waals surface area (Å²) in [6.45, 7) is 3.06. The summed E-state index contributed by atoms with van der Waals surface area (Å²) in [6, 6.07) is 8.19. The van der Waals surface area contributed by atoms with E-state index in [-0.39, 0.29) is 0 Å². The van der Waals surface area contributed by atoms with E-state index in [1.165, 1.54) is 0 Å². The molecular weight excluding hydrogens is 240 g/mol. The van der Waals surface area contributed by atoms with Crippen LogP contribution in [-0.4, -0.2) is 9.55 Å². The molecule has 3 heteroatoms. The zero-order valence-electron chi connectivity index (χ0n) is 7.94. The van der Waals surface area contributed by atoms with Gasteiger partial charge in [-0.25, -0.2) is 4.98 Å². The van der Waals surface area contributed by atoms with Gasteiger partial charge in [0.15, 0.2) is 0 Å². The van der Waals surface area contributed by atoms with E-state index in [1.54, 1.807) is 0 Å². The standard InChI is InChI=1S/C11H11BrN2/c1-2-14-7-6-13-11(14)9-4-3-5-10(12)8-9/h3-8H,2H2,1H3. The minimum absolute atomic E-state index is 0.946. The summed E-state index contributed by atoms with van der Waals surface area (Å²) in [5.74, 6) is 1.02. The Bertz CT molecular complexity index is 434. The zero-order chi connectivity index (χ0) is 9.97. The molecule has 0 aliphatic heterocycles. The van der Waals surface area contributed by atoms with Crippen LogP contribution in [-0.2, 0) is 6.54 Å². The lowest BCUT2D eigenvalue weighted by Crippen LogP contribution is -1.95. The lowest BCUT2D eigenvalue weighted by molar-refractivity contribution is 0.771. The maximum absolute atomic E-state index is 4.34. The summed E-state index contributed by atoms with van der Waals surface area (Å²) >= 11 is 3.46. The topological polar surface area (TPSA) is 17.8 Å². The van der Waals surface area contributed by atoms with Gasteiger partial charge < -0.3 is 4.57 Å². The molecule has 0 aliphatic rings. The van der Waals surface area contributed by atoms with Crippen LogP contribution in [0.2, 0.25) is 0 Å². The highest BCUT2D eigenvalue weighted by molar-refractivity contribution is 9.10. The Labute approximate surface area is 91.7 Å². The fraction of sp³-hybridized carbons (Fsp3) is 0.182. The lowest BCUT2D eigenvalue weighted by Gasteiger charge is -2.04. The second-order valence-corrected chi connectivity index (χ2v) is 3.96. The molecule has 2 nitrogen and oxygen atoms in total. The second kappa shape index (κ2) is 3.96. The van der Waals surface area contributed by atoms with Crippen LogP contribution < -0.4 is 0 Å². The largest absolute Gasteiger partial charge is 0.331 e. The molecule has 1 aromatic heterocycles. The molecule has 0 amide bonds. The number of hydrogen-bond acceptors (Lipinski definition) is 1. The van der Waals surface area contributed by atoms with Gasteiger partial charge in [0.25, 0.3) is 0 Å². The van der Waals surface area contributed by atoms with Crippen molar-refractivity contribution in [2.24, 2.45) is 0 Å². The van der Waals surface area contributed by atoms with Crippen LogP contribution in [0.5, 0.6) is 0 Å². The summed E-state index contributed by atoms with van der Waals surface area (Å²) in [7, 11) is 0. The molecular formula is C11H11BrN2. The maximum atomic E-state index is 4.34. The SMILES string of the molecule is CCn1ccnc1-c1cccc(Br)c1. The Morgan fingerprint density at radius 2 is 2.29 bits per heavy atom. The van der Waals surface area contributed by atoms with Crippen LogP contribution in [0.15, 0.2) is 41.1 Å². The number of halogens is 1. The summed E-state index contributed by atoms with van der Waals surface area (Å²) < 4.78 is 3.21. The Morgan fingerprint density at radius 1 is 1.43 bits per heavy atom. The molecule has 1 heterocycles. The Balaban J connectivity index is 2.49. The quantitative estimate of drug-likeness (QED) is 0.800. The number of hydrogen-bond donors (Lipinski definition) is 0. The van der Waals surface area contributed by atoms with E-state index >= 15 is 0 Å². The first-order valence-electron chi connectivity index (χ1n) is 4.58. The van der Waals surface area contributed by atoms with Gasteiger partial charge >= 0.3 is 0 Å². The second-order valence-electron chi connectivity index (χ2n) is 3.05. The number of rotatable bonds is 2. The highest BCUT2D eigenvalue weighted by Crippen LogP contribution is 2.21. The fourth-order valence-electron chi connectivity index (χ4n) is 1.45. The minimum atomic E-state index is 0.946. The third-order valence-corrected chi connectivity index (χ3v) is 2.63. The normalized spacial score (nSPS) is 10.4. The fourth-order valence-corrected chi connectivity index (χ4v) is 1.85. The van der Waals surface area contributed by atoms with Crippen LogP contribution in [0.3, 0.4) is 0 Å². The van der Waals surface area contributed by atoms with Gasteiger partial charge in [0, 0.05) is 29.0 Å². The van der Waals surface area contributed by atoms with Crippen molar-refractivity contribution in [3.63, 3.8) is 0 Å². The van der Waals surface area contributed by atoms with E-state index in [1.807, 2.05) is 24.5 Å². The van der Waals surface area contributed by atoms with Crippen LogP contribution in [0.25, 0.3) is 11.4 Å². The van der Waals surface area contributed by atoms with Gasteiger partial charge in [-0.2, -0.15) is 0 Å². The first-order valence-corrected chi connectivity index (χ1v) is 5.37. The van der Waals surface area contributed by atoms with Crippen LogP contribution in [0.4, 0.5) is 0 Å². The molecule has 2 aromatic rings. The molecule has 0 N–H and O–H groups in total. The van der Waals surface area contributed by atoms with E-state index in [9.17, 15) is 0 Å². The van der Waals surface area contributed by atoms with Gasteiger partial charge in [0.05, 0.1) is 0 Å². The summed E-state index contributed by atoms with van der Waals surface area (Å²) in [5.41, 5.74) is 1.14. The van der Waals surface area contributed by atoms with Gasteiger partial charge in [-0.15, -0.1) is 0 Å². The maximum Gasteiger partial charge on any atom is 0.139 e. The van der Waals surface area contributed by atoms with Gasteiger partial charge in [-0.3, -0.25) is 0 Å². The molecule has 72 valence electrons. The minimum Gasteiger partial charge on any atom is -0.331 e. The van der Waals surface area contributed by atoms with Gasteiger partial charge in [0.1, 0.15) is 5.82 Å². The average Bonchev–Trinajstić information content (AvgIpc) is 2.65. The molecule has 0 aliphatic carbocycles. The zero-order valence-corrected chi connectivity index (χ0v) is 9.53. The Kier molecular flexibility index (Phi) is 2.68. The van der Waals surface area contributed by atoms with Crippen molar-refractivity contribution < 1.29 is 0 Å². The predicted octanol–water partition coefficient (Wildman–Crippen LogP) is 3.33. The molecule has 0 saturated heterocycles. The Hall–Kier alpha value is -1.09. The molecule has 0 atom stereocenters. The Morgan fingerprint density at radius 3 is 3.00 bits per heavy atom. The molecule has 0 bridgehead atoms. The molecule has 0 fully saturated rings. The van der Waals surface area contributed by atoms with E-state index in [0.29, 0.717) is 0 Å². The van der Waals surface area contributed by atoms with Crippen molar-refractivity contribution in [3.8, 4) is 11.4 Å². The van der Waals surface area contributed by atoms with Crippen LogP contribution >= 0.6 is 15.9 Å². The van der Waals surface area contributed by atoms with E-state index < -0.39 is 0 Å². The molecule has 0 spiro atoms. The number of imidazole rings is 1. The molecule has 14 heavy (non-hydrogen) atoms. The van der Waals surface area contributed by atoms with Crippen molar-refractivity contribution in [3.05, 3.63) is 41.1 Å². The predicted molar refractivity (Wildman–Crippen MR) is 61.0 cm³/mol. The van der Waals surface area contributed by atoms with Gasteiger partial charge in [-0.05, 0) is 19.1 Å². The van der Waals surface area contributed by atoms with E-state index in [4.69, 9.17) is 0 Å². The van der Waals surface area contributed by atoms with Gasteiger partial charge in [0.2, 0.25) is 0 Å². The van der Waals surface area contributed by atoms with E-state index in [0.717, 1.165) is 22.4 Å². The lowest BCUT2D eigenvalue weighted by atomic mass is 10.2. The number of aromatic nitrogens is 2. The summed E-state index contributed by atoms with van der Waals surface area (Å²) in [6.07, 6.45) is 3.83. The highest BCUT2D eigenvalue weighted by atomic mass is 79.9. The van der Waals surface area contributed by atoms with Crippen molar-refractivity contribution in [1.82, 2.24) is 9.55 Å². The third kappa shape index (κ3) is 1.73. The van der Waals surface area contributed by atoms with Crippen molar-refractivity contribution >= 4 is 15.9 Å². The number of nitrogens with zero attached hydrogens (tertiary/aromatic N) is 2. The van der Waals surface area contributed by atoms with E-state index in [2.05, 4.69) is 44.5 Å². The smallest absolute Gasteiger partial charge is 0.139 e. The van der Waals surface area contributed by atoms with Crippen molar-refractivity contribution in [2.75, 3.05) is 0 Å². The van der Waals surface area contributed by atoms with Crippen LogP contribution in [0, 0.1) is 0 Å². The monoisotopic (exact) mass is 250 g/mol. The van der Waals surface area contributed by atoms with Crippen molar-refractivity contribution in [2.45, 2.75) is 13.5 Å². The molecule has 1 aromatic carbocycles.